The fourth-order valence-corrected chi connectivity index (χ4v) is 3.09. The third-order valence-corrected chi connectivity index (χ3v) is 4.51. The molecule has 92 valence electrons. The first-order valence-electron chi connectivity index (χ1n) is 5.58. The molecule has 1 N–H and O–H groups in total. The van der Waals surface area contributed by atoms with Gasteiger partial charge in [0.25, 0.3) is 0 Å². The van der Waals surface area contributed by atoms with E-state index in [9.17, 15) is 0 Å². The highest BCUT2D eigenvalue weighted by Gasteiger charge is 2.16. The number of nitrogens with zero attached hydrogens (tertiary/aromatic N) is 4. The number of aryl methyl sites for hydroxylation is 1. The molecule has 0 saturated carbocycles. The highest BCUT2D eigenvalue weighted by atomic mass is 32.1. The van der Waals surface area contributed by atoms with Crippen LogP contribution in [0.4, 0.5) is 0 Å². The van der Waals surface area contributed by atoms with Crippen LogP contribution in [0.1, 0.15) is 37.0 Å². The molecule has 7 heteroatoms. The van der Waals surface area contributed by atoms with Crippen LogP contribution in [0.25, 0.3) is 9.88 Å². The minimum Gasteiger partial charge on any atom is -0.311 e. The van der Waals surface area contributed by atoms with Crippen molar-refractivity contribution in [1.29, 1.82) is 0 Å². The Balaban J connectivity index is 2.27. The Hall–Kier alpha value is -0.920. The van der Waals surface area contributed by atoms with Crippen molar-refractivity contribution in [3.63, 3.8) is 0 Å². The topological polar surface area (TPSA) is 63.6 Å². The van der Waals surface area contributed by atoms with Crippen molar-refractivity contribution < 1.29 is 0 Å². The smallest absolute Gasteiger partial charge is 0.161 e. The Bertz CT molecular complexity index is 479. The van der Waals surface area contributed by atoms with E-state index in [1.165, 1.54) is 11.5 Å². The fourth-order valence-electron chi connectivity index (χ4n) is 1.40. The van der Waals surface area contributed by atoms with Crippen LogP contribution in [0.3, 0.4) is 0 Å². The summed E-state index contributed by atoms with van der Waals surface area (Å²) in [6.45, 7) is 4.21. The van der Waals surface area contributed by atoms with Gasteiger partial charge in [-0.1, -0.05) is 29.2 Å². The van der Waals surface area contributed by atoms with Crippen LogP contribution in [0.15, 0.2) is 0 Å². The summed E-state index contributed by atoms with van der Waals surface area (Å²) in [5.41, 5.74) is 1.04. The standard InChI is InChI=1S/C10H15N5S2/c1-4-5-7-8(17-15-12-7)10-14-13-9(16-10)6(2)11-3/h6,11H,4-5H2,1-3H3. The maximum Gasteiger partial charge on any atom is 0.161 e. The first kappa shape index (κ1) is 12.5. The molecule has 2 heterocycles. The van der Waals surface area contributed by atoms with E-state index in [2.05, 4.69) is 38.9 Å². The van der Waals surface area contributed by atoms with Crippen LogP contribution >= 0.6 is 22.9 Å². The fraction of sp³-hybridized carbons (Fsp3) is 0.600. The van der Waals surface area contributed by atoms with Gasteiger partial charge in [-0.05, 0) is 31.9 Å². The van der Waals surface area contributed by atoms with Gasteiger partial charge >= 0.3 is 0 Å². The zero-order valence-electron chi connectivity index (χ0n) is 10.1. The third-order valence-electron chi connectivity index (χ3n) is 2.48. The Morgan fingerprint density at radius 3 is 2.82 bits per heavy atom. The van der Waals surface area contributed by atoms with Crippen molar-refractivity contribution >= 4 is 22.9 Å². The normalized spacial score (nSPS) is 12.9. The quantitative estimate of drug-likeness (QED) is 0.902. The van der Waals surface area contributed by atoms with Crippen molar-refractivity contribution in [2.24, 2.45) is 0 Å². The van der Waals surface area contributed by atoms with Gasteiger partial charge in [0, 0.05) is 0 Å². The van der Waals surface area contributed by atoms with E-state index in [-0.39, 0.29) is 6.04 Å². The van der Waals surface area contributed by atoms with Crippen LogP contribution in [-0.4, -0.2) is 26.8 Å². The second-order valence-corrected chi connectivity index (χ2v) is 5.52. The van der Waals surface area contributed by atoms with E-state index in [1.807, 2.05) is 7.05 Å². The first-order chi connectivity index (χ1) is 8.26. The Morgan fingerprint density at radius 1 is 1.29 bits per heavy atom. The lowest BCUT2D eigenvalue weighted by molar-refractivity contribution is 0.640. The molecule has 2 aromatic rings. The van der Waals surface area contributed by atoms with E-state index in [1.54, 1.807) is 11.3 Å². The Labute approximate surface area is 108 Å². The number of hydrogen-bond donors (Lipinski definition) is 1. The summed E-state index contributed by atoms with van der Waals surface area (Å²) >= 11 is 3.01. The minimum absolute atomic E-state index is 0.233. The highest BCUT2D eigenvalue weighted by Crippen LogP contribution is 2.31. The van der Waals surface area contributed by atoms with Gasteiger partial charge in [-0.15, -0.1) is 15.3 Å². The summed E-state index contributed by atoms with van der Waals surface area (Å²) in [5, 5.41) is 17.7. The molecule has 1 atom stereocenters. The van der Waals surface area contributed by atoms with Crippen LogP contribution < -0.4 is 5.32 Å². The number of rotatable bonds is 5. The second-order valence-electron chi connectivity index (χ2n) is 3.75. The average Bonchev–Trinajstić information content (AvgIpc) is 2.96. The van der Waals surface area contributed by atoms with Gasteiger partial charge in [-0.3, -0.25) is 0 Å². The summed E-state index contributed by atoms with van der Waals surface area (Å²) in [7, 11) is 1.92. The average molecular weight is 269 g/mol. The molecule has 1 unspecified atom stereocenters. The molecule has 0 aliphatic carbocycles. The lowest BCUT2D eigenvalue weighted by Gasteiger charge is -2.02. The second kappa shape index (κ2) is 5.61. The molecule has 0 radical (unpaired) electrons. The predicted molar refractivity (Wildman–Crippen MR) is 70.3 cm³/mol. The zero-order chi connectivity index (χ0) is 12.3. The van der Waals surface area contributed by atoms with Gasteiger partial charge in [-0.25, -0.2) is 0 Å². The maximum atomic E-state index is 4.23. The van der Waals surface area contributed by atoms with Crippen LogP contribution in [-0.2, 0) is 6.42 Å². The molecule has 0 amide bonds. The summed E-state index contributed by atoms with van der Waals surface area (Å²) in [6.07, 6.45) is 2.01. The number of nitrogens with one attached hydrogen (secondary N) is 1. The van der Waals surface area contributed by atoms with Gasteiger partial charge in [0.1, 0.15) is 9.88 Å². The highest BCUT2D eigenvalue weighted by molar-refractivity contribution is 7.19. The van der Waals surface area contributed by atoms with Crippen molar-refractivity contribution in [3.8, 4) is 9.88 Å². The van der Waals surface area contributed by atoms with Crippen molar-refractivity contribution in [2.45, 2.75) is 32.7 Å². The monoisotopic (exact) mass is 269 g/mol. The van der Waals surface area contributed by atoms with Gasteiger partial charge in [-0.2, -0.15) is 0 Å². The molecule has 0 fully saturated rings. The molecule has 5 nitrogen and oxygen atoms in total. The predicted octanol–water partition coefficient (Wildman–Crippen LogP) is 2.29. The van der Waals surface area contributed by atoms with Gasteiger partial charge in [0.2, 0.25) is 0 Å². The Morgan fingerprint density at radius 2 is 2.12 bits per heavy atom. The first-order valence-corrected chi connectivity index (χ1v) is 7.17. The van der Waals surface area contributed by atoms with E-state index in [0.29, 0.717) is 0 Å². The summed E-state index contributed by atoms with van der Waals surface area (Å²) in [4.78, 5) is 1.07. The largest absolute Gasteiger partial charge is 0.311 e. The summed E-state index contributed by atoms with van der Waals surface area (Å²) < 4.78 is 4.01. The van der Waals surface area contributed by atoms with Crippen LogP contribution in [0.5, 0.6) is 0 Å². The molecule has 0 aliphatic rings. The molecule has 2 aromatic heterocycles. The third kappa shape index (κ3) is 2.67. The number of aromatic nitrogens is 4. The zero-order valence-corrected chi connectivity index (χ0v) is 11.7. The summed E-state index contributed by atoms with van der Waals surface area (Å²) in [5.74, 6) is 0. The number of hydrogen-bond acceptors (Lipinski definition) is 7. The van der Waals surface area contributed by atoms with E-state index >= 15 is 0 Å². The van der Waals surface area contributed by atoms with Crippen molar-refractivity contribution in [3.05, 3.63) is 10.7 Å². The molecular formula is C10H15N5S2. The van der Waals surface area contributed by atoms with Gasteiger partial charge < -0.3 is 5.32 Å². The molecule has 0 aromatic carbocycles. The minimum atomic E-state index is 0.233. The molecule has 17 heavy (non-hydrogen) atoms. The van der Waals surface area contributed by atoms with Gasteiger partial charge in [0.15, 0.2) is 5.01 Å². The maximum absolute atomic E-state index is 4.23. The molecule has 2 rings (SSSR count). The van der Waals surface area contributed by atoms with E-state index in [0.717, 1.165) is 33.4 Å². The lowest BCUT2D eigenvalue weighted by atomic mass is 10.2. The summed E-state index contributed by atoms with van der Waals surface area (Å²) in [6, 6.07) is 0.233. The molecule has 0 aliphatic heterocycles. The van der Waals surface area contributed by atoms with Crippen LogP contribution in [0.2, 0.25) is 0 Å². The molecule has 0 spiro atoms. The van der Waals surface area contributed by atoms with Gasteiger partial charge in [0.05, 0.1) is 11.7 Å². The SMILES string of the molecule is CCCc1nnsc1-c1nnc(C(C)NC)s1. The van der Waals surface area contributed by atoms with Crippen LogP contribution in [0, 0.1) is 0 Å². The molecular weight excluding hydrogens is 254 g/mol. The lowest BCUT2D eigenvalue weighted by Crippen LogP contribution is -2.11. The van der Waals surface area contributed by atoms with E-state index in [4.69, 9.17) is 0 Å². The van der Waals surface area contributed by atoms with Crippen molar-refractivity contribution in [2.75, 3.05) is 7.05 Å². The van der Waals surface area contributed by atoms with E-state index < -0.39 is 0 Å². The Kier molecular flexibility index (Phi) is 4.14. The van der Waals surface area contributed by atoms with Crippen molar-refractivity contribution in [1.82, 2.24) is 25.1 Å². The molecule has 0 bridgehead atoms. The molecule has 0 saturated heterocycles.